The third-order valence-electron chi connectivity index (χ3n) is 3.06. The molecular formula is C16H20ClFN2. The molecule has 1 aromatic carbocycles. The van der Waals surface area contributed by atoms with Gasteiger partial charge in [0.1, 0.15) is 5.82 Å². The van der Waals surface area contributed by atoms with Crippen molar-refractivity contribution >= 4 is 11.6 Å². The first-order valence-corrected chi connectivity index (χ1v) is 7.06. The Morgan fingerprint density at radius 3 is 2.65 bits per heavy atom. The highest BCUT2D eigenvalue weighted by atomic mass is 35.5. The summed E-state index contributed by atoms with van der Waals surface area (Å²) >= 11 is 5.70. The van der Waals surface area contributed by atoms with Crippen LogP contribution in [0.2, 0.25) is 5.02 Å². The second-order valence-electron chi connectivity index (χ2n) is 5.98. The second-order valence-corrected chi connectivity index (χ2v) is 6.39. The highest BCUT2D eigenvalue weighted by Gasteiger charge is 2.10. The maximum absolute atomic E-state index is 13.5. The van der Waals surface area contributed by atoms with Crippen molar-refractivity contribution in [1.82, 2.24) is 9.88 Å². The molecule has 1 heterocycles. The fraction of sp³-hybridized carbons (Fsp3) is 0.375. The highest BCUT2D eigenvalue weighted by molar-refractivity contribution is 6.30. The van der Waals surface area contributed by atoms with Crippen LogP contribution in [-0.4, -0.2) is 10.1 Å². The lowest BCUT2D eigenvalue weighted by atomic mass is 10.1. The number of halogens is 2. The van der Waals surface area contributed by atoms with E-state index in [2.05, 4.69) is 36.7 Å². The minimum absolute atomic E-state index is 0.0709. The first-order chi connectivity index (χ1) is 9.35. The van der Waals surface area contributed by atoms with E-state index < -0.39 is 0 Å². The van der Waals surface area contributed by atoms with Gasteiger partial charge in [-0.3, -0.25) is 0 Å². The van der Waals surface area contributed by atoms with Crippen molar-refractivity contribution < 1.29 is 4.39 Å². The first kappa shape index (κ1) is 15.1. The molecule has 108 valence electrons. The van der Waals surface area contributed by atoms with Crippen LogP contribution in [0.5, 0.6) is 0 Å². The summed E-state index contributed by atoms with van der Waals surface area (Å²) < 4.78 is 15.6. The van der Waals surface area contributed by atoms with Crippen molar-refractivity contribution in [3.05, 3.63) is 58.6 Å². The zero-order chi connectivity index (χ0) is 14.8. The number of nitrogens with zero attached hydrogens (tertiary/aromatic N) is 1. The predicted molar refractivity (Wildman–Crippen MR) is 81.5 cm³/mol. The van der Waals surface area contributed by atoms with E-state index in [4.69, 9.17) is 11.6 Å². The number of rotatable bonds is 4. The Balaban J connectivity index is 2.10. The number of nitrogens with one attached hydrogen (secondary N) is 1. The minimum Gasteiger partial charge on any atom is -0.346 e. The van der Waals surface area contributed by atoms with Crippen LogP contribution in [-0.2, 0) is 13.1 Å². The lowest BCUT2D eigenvalue weighted by molar-refractivity contribution is 0.417. The summed E-state index contributed by atoms with van der Waals surface area (Å²) in [6, 6.07) is 9.02. The van der Waals surface area contributed by atoms with Crippen molar-refractivity contribution in [3.8, 4) is 0 Å². The van der Waals surface area contributed by atoms with Gasteiger partial charge < -0.3 is 9.88 Å². The third kappa shape index (κ3) is 4.09. The molecule has 1 aromatic heterocycles. The minimum atomic E-state index is -0.370. The molecule has 1 N–H and O–H groups in total. The van der Waals surface area contributed by atoms with Crippen LogP contribution in [0.4, 0.5) is 4.39 Å². The van der Waals surface area contributed by atoms with Gasteiger partial charge in [0, 0.05) is 30.5 Å². The zero-order valence-electron chi connectivity index (χ0n) is 12.1. The van der Waals surface area contributed by atoms with Gasteiger partial charge in [-0.2, -0.15) is 0 Å². The number of hydrogen-bond acceptors (Lipinski definition) is 1. The molecule has 0 aliphatic carbocycles. The summed E-state index contributed by atoms with van der Waals surface area (Å²) in [4.78, 5) is 0. The molecule has 0 spiro atoms. The number of benzene rings is 1. The molecule has 0 saturated heterocycles. The van der Waals surface area contributed by atoms with Gasteiger partial charge in [0.05, 0.1) is 5.02 Å². The first-order valence-electron chi connectivity index (χ1n) is 6.68. The van der Waals surface area contributed by atoms with Crippen molar-refractivity contribution in [1.29, 1.82) is 0 Å². The van der Waals surface area contributed by atoms with Crippen LogP contribution >= 0.6 is 11.6 Å². The highest BCUT2D eigenvalue weighted by Crippen LogP contribution is 2.17. The fourth-order valence-electron chi connectivity index (χ4n) is 1.95. The lowest BCUT2D eigenvalue weighted by Crippen LogP contribution is -2.35. The molecule has 0 bridgehead atoms. The van der Waals surface area contributed by atoms with E-state index in [1.54, 1.807) is 6.07 Å². The summed E-state index contributed by atoms with van der Waals surface area (Å²) in [6.45, 7) is 7.83. The normalized spacial score (nSPS) is 11.8. The van der Waals surface area contributed by atoms with Gasteiger partial charge in [-0.15, -0.1) is 0 Å². The molecular weight excluding hydrogens is 275 g/mol. The molecule has 0 fully saturated rings. The van der Waals surface area contributed by atoms with Crippen molar-refractivity contribution in [2.24, 2.45) is 0 Å². The van der Waals surface area contributed by atoms with Crippen LogP contribution in [0.3, 0.4) is 0 Å². The molecule has 0 aliphatic heterocycles. The molecule has 4 heteroatoms. The summed E-state index contributed by atoms with van der Waals surface area (Å²) in [7, 11) is 0. The van der Waals surface area contributed by atoms with Gasteiger partial charge in [-0.05, 0) is 50.6 Å². The van der Waals surface area contributed by atoms with E-state index in [0.717, 1.165) is 12.1 Å². The van der Waals surface area contributed by atoms with Crippen molar-refractivity contribution in [2.45, 2.75) is 39.4 Å². The van der Waals surface area contributed by atoms with E-state index >= 15 is 0 Å². The van der Waals surface area contributed by atoms with Gasteiger partial charge >= 0.3 is 0 Å². The summed E-state index contributed by atoms with van der Waals surface area (Å²) in [6.07, 6.45) is 2.01. The Hall–Kier alpha value is -1.32. The van der Waals surface area contributed by atoms with Gasteiger partial charge in [0.2, 0.25) is 0 Å². The Kier molecular flexibility index (Phi) is 4.51. The molecule has 0 aliphatic rings. The summed E-state index contributed by atoms with van der Waals surface area (Å²) in [5.41, 5.74) is 2.15. The van der Waals surface area contributed by atoms with E-state index in [1.165, 1.54) is 11.8 Å². The third-order valence-corrected chi connectivity index (χ3v) is 3.37. The molecule has 0 amide bonds. The lowest BCUT2D eigenvalue weighted by Gasteiger charge is -2.21. The number of aromatic nitrogens is 1. The monoisotopic (exact) mass is 294 g/mol. The van der Waals surface area contributed by atoms with Gasteiger partial charge in [0.15, 0.2) is 0 Å². The molecule has 2 nitrogen and oxygen atoms in total. The van der Waals surface area contributed by atoms with Crippen LogP contribution < -0.4 is 5.32 Å². The SMILES string of the molecule is CC(C)(C)NCc1cccn1Cc1ccc(Cl)c(F)c1. The Bertz CT molecular complexity index is 584. The fourth-order valence-corrected chi connectivity index (χ4v) is 2.07. The molecule has 0 saturated carbocycles. The molecule has 0 radical (unpaired) electrons. The summed E-state index contributed by atoms with van der Waals surface area (Å²) in [5.74, 6) is -0.370. The average molecular weight is 295 g/mol. The van der Waals surface area contributed by atoms with Crippen molar-refractivity contribution in [2.75, 3.05) is 0 Å². The molecule has 20 heavy (non-hydrogen) atoms. The van der Waals surface area contributed by atoms with E-state index in [1.807, 2.05) is 18.3 Å². The van der Waals surface area contributed by atoms with Crippen molar-refractivity contribution in [3.63, 3.8) is 0 Å². The second kappa shape index (κ2) is 5.98. The van der Waals surface area contributed by atoms with E-state index in [0.29, 0.717) is 6.54 Å². The van der Waals surface area contributed by atoms with Gasteiger partial charge in [0.25, 0.3) is 0 Å². The maximum Gasteiger partial charge on any atom is 0.142 e. The average Bonchev–Trinajstić information content (AvgIpc) is 2.78. The molecule has 2 aromatic rings. The standard InChI is InChI=1S/C16H20ClFN2/c1-16(2,3)19-10-13-5-4-8-20(13)11-12-6-7-14(17)15(18)9-12/h4-9,19H,10-11H2,1-3H3. The largest absolute Gasteiger partial charge is 0.346 e. The van der Waals surface area contributed by atoms with Crippen LogP contribution in [0.1, 0.15) is 32.0 Å². The Morgan fingerprint density at radius 1 is 1.25 bits per heavy atom. The van der Waals surface area contributed by atoms with Crippen LogP contribution in [0.25, 0.3) is 0 Å². The van der Waals surface area contributed by atoms with Crippen LogP contribution in [0, 0.1) is 5.82 Å². The Labute approximate surface area is 124 Å². The molecule has 0 unspecified atom stereocenters. The molecule has 2 rings (SSSR count). The molecule has 0 atom stereocenters. The number of hydrogen-bond donors (Lipinski definition) is 1. The van der Waals surface area contributed by atoms with Crippen LogP contribution in [0.15, 0.2) is 36.5 Å². The zero-order valence-corrected chi connectivity index (χ0v) is 12.8. The topological polar surface area (TPSA) is 17.0 Å². The van der Waals surface area contributed by atoms with Gasteiger partial charge in [-0.1, -0.05) is 17.7 Å². The Morgan fingerprint density at radius 2 is 2.00 bits per heavy atom. The van der Waals surface area contributed by atoms with Gasteiger partial charge in [-0.25, -0.2) is 4.39 Å². The van der Waals surface area contributed by atoms with E-state index in [9.17, 15) is 4.39 Å². The maximum atomic E-state index is 13.5. The predicted octanol–water partition coefficient (Wildman–Crippen LogP) is 4.22. The van der Waals surface area contributed by atoms with E-state index in [-0.39, 0.29) is 16.4 Å². The smallest absolute Gasteiger partial charge is 0.142 e. The summed E-state index contributed by atoms with van der Waals surface area (Å²) in [5, 5.41) is 3.62. The quantitative estimate of drug-likeness (QED) is 0.893.